The van der Waals surface area contributed by atoms with Gasteiger partial charge in [0.05, 0.1) is 11.3 Å². The fourth-order valence-electron chi connectivity index (χ4n) is 3.32. The number of amides is 1. The number of hydrogen-bond donors (Lipinski definition) is 0. The number of carbonyl (C=O) groups excluding carboxylic acids is 1. The summed E-state index contributed by atoms with van der Waals surface area (Å²) in [6.45, 7) is 1.40. The van der Waals surface area contributed by atoms with Crippen molar-refractivity contribution < 1.29 is 13.9 Å². The van der Waals surface area contributed by atoms with E-state index in [9.17, 15) is 9.18 Å². The number of aromatic nitrogens is 2. The Morgan fingerprint density at radius 2 is 1.88 bits per heavy atom. The van der Waals surface area contributed by atoms with Crippen molar-refractivity contribution in [3.05, 3.63) is 60.2 Å². The Morgan fingerprint density at radius 1 is 1.15 bits per heavy atom. The maximum absolute atomic E-state index is 13.1. The quantitative estimate of drug-likeness (QED) is 0.725. The van der Waals surface area contributed by atoms with Gasteiger partial charge >= 0.3 is 0 Å². The Bertz CT molecular complexity index is 930. The monoisotopic (exact) mass is 353 g/mol. The van der Waals surface area contributed by atoms with Gasteiger partial charge in [-0.15, -0.1) is 0 Å². The Labute approximate surface area is 151 Å². The molecule has 2 aromatic heterocycles. The van der Waals surface area contributed by atoms with Gasteiger partial charge in [0, 0.05) is 44.3 Å². The highest BCUT2D eigenvalue weighted by Gasteiger charge is 2.23. The molecular formula is C20H20FN3O2. The molecule has 0 aliphatic carbocycles. The van der Waals surface area contributed by atoms with Crippen molar-refractivity contribution in [1.29, 1.82) is 0 Å². The minimum atomic E-state index is -0.276. The molecule has 1 aromatic carbocycles. The Kier molecular flexibility index (Phi) is 4.42. The van der Waals surface area contributed by atoms with Gasteiger partial charge in [-0.3, -0.25) is 4.79 Å². The number of halogens is 1. The van der Waals surface area contributed by atoms with Crippen LogP contribution in [0.2, 0.25) is 0 Å². The zero-order valence-corrected chi connectivity index (χ0v) is 14.6. The van der Waals surface area contributed by atoms with Gasteiger partial charge in [-0.05, 0) is 49.2 Å². The lowest BCUT2D eigenvalue weighted by molar-refractivity contribution is 0.0362. The van der Waals surface area contributed by atoms with E-state index in [4.69, 9.17) is 4.74 Å². The summed E-state index contributed by atoms with van der Waals surface area (Å²) < 4.78 is 20.3. The molecule has 1 fully saturated rings. The van der Waals surface area contributed by atoms with Crippen LogP contribution in [0.15, 0.2) is 48.8 Å². The number of hydrogen-bond acceptors (Lipinski definition) is 3. The van der Waals surface area contributed by atoms with Crippen molar-refractivity contribution in [2.45, 2.75) is 18.9 Å². The highest BCUT2D eigenvalue weighted by Crippen LogP contribution is 2.21. The molecule has 3 heterocycles. The molecule has 0 bridgehead atoms. The van der Waals surface area contributed by atoms with Gasteiger partial charge < -0.3 is 14.0 Å². The molecule has 26 heavy (non-hydrogen) atoms. The molecule has 0 spiro atoms. The first-order valence-corrected chi connectivity index (χ1v) is 8.71. The zero-order chi connectivity index (χ0) is 18.1. The molecule has 0 atom stereocenters. The predicted molar refractivity (Wildman–Crippen MR) is 96.5 cm³/mol. The van der Waals surface area contributed by atoms with Crippen molar-refractivity contribution in [2.24, 2.45) is 0 Å². The van der Waals surface area contributed by atoms with E-state index in [-0.39, 0.29) is 17.8 Å². The van der Waals surface area contributed by atoms with Crippen LogP contribution in [0.3, 0.4) is 0 Å². The molecule has 4 rings (SSSR count). The topological polar surface area (TPSA) is 46.8 Å². The molecule has 0 unspecified atom stereocenters. The first kappa shape index (κ1) is 16.7. The zero-order valence-electron chi connectivity index (χ0n) is 14.6. The number of carbonyl (C=O) groups is 1. The minimum Gasteiger partial charge on any atom is -0.381 e. The van der Waals surface area contributed by atoms with E-state index in [1.807, 2.05) is 28.6 Å². The van der Waals surface area contributed by atoms with Gasteiger partial charge in [0.15, 0.2) is 0 Å². The SMILES string of the molecule is CN(C(=O)c1ccc2nc(-c3ccc(F)cc3)cn2c1)C1CCOCC1. The van der Waals surface area contributed by atoms with Crippen molar-refractivity contribution in [3.8, 4) is 11.3 Å². The van der Waals surface area contributed by atoms with Crippen molar-refractivity contribution in [1.82, 2.24) is 14.3 Å². The third-order valence-corrected chi connectivity index (χ3v) is 4.90. The first-order chi connectivity index (χ1) is 12.6. The van der Waals surface area contributed by atoms with Crippen LogP contribution in [0.4, 0.5) is 4.39 Å². The second-order valence-electron chi connectivity index (χ2n) is 6.58. The molecule has 5 nitrogen and oxygen atoms in total. The van der Waals surface area contributed by atoms with E-state index in [1.54, 1.807) is 24.4 Å². The largest absolute Gasteiger partial charge is 0.381 e. The molecule has 0 radical (unpaired) electrons. The van der Waals surface area contributed by atoms with E-state index in [0.717, 1.165) is 29.7 Å². The second kappa shape index (κ2) is 6.88. The van der Waals surface area contributed by atoms with E-state index in [0.29, 0.717) is 18.8 Å². The lowest BCUT2D eigenvalue weighted by atomic mass is 10.1. The fraction of sp³-hybridized carbons (Fsp3) is 0.300. The summed E-state index contributed by atoms with van der Waals surface area (Å²) in [4.78, 5) is 19.2. The molecule has 1 aliphatic rings. The minimum absolute atomic E-state index is 0.00386. The van der Waals surface area contributed by atoms with E-state index < -0.39 is 0 Å². The number of nitrogens with zero attached hydrogens (tertiary/aromatic N) is 3. The highest BCUT2D eigenvalue weighted by molar-refractivity contribution is 5.94. The first-order valence-electron chi connectivity index (χ1n) is 8.71. The Morgan fingerprint density at radius 3 is 2.62 bits per heavy atom. The summed E-state index contributed by atoms with van der Waals surface area (Å²) in [5.74, 6) is -0.280. The second-order valence-corrected chi connectivity index (χ2v) is 6.58. The molecule has 134 valence electrons. The molecule has 0 saturated carbocycles. The Balaban J connectivity index is 1.60. The highest BCUT2D eigenvalue weighted by atomic mass is 19.1. The summed E-state index contributed by atoms with van der Waals surface area (Å²) in [6, 6.07) is 10.1. The van der Waals surface area contributed by atoms with Crippen molar-refractivity contribution >= 4 is 11.6 Å². The Hall–Kier alpha value is -2.73. The lowest BCUT2D eigenvalue weighted by Crippen LogP contribution is -2.40. The summed E-state index contributed by atoms with van der Waals surface area (Å²) in [7, 11) is 1.85. The number of rotatable bonds is 3. The number of ether oxygens (including phenoxy) is 1. The van der Waals surface area contributed by atoms with Gasteiger partial charge in [-0.2, -0.15) is 0 Å². The fourth-order valence-corrected chi connectivity index (χ4v) is 3.32. The molecule has 1 saturated heterocycles. The van der Waals surface area contributed by atoms with Crippen molar-refractivity contribution in [2.75, 3.05) is 20.3 Å². The summed E-state index contributed by atoms with van der Waals surface area (Å²) in [6.07, 6.45) is 5.38. The van der Waals surface area contributed by atoms with Crippen LogP contribution in [0.1, 0.15) is 23.2 Å². The van der Waals surface area contributed by atoms with Gasteiger partial charge in [0.25, 0.3) is 5.91 Å². The van der Waals surface area contributed by atoms with Gasteiger partial charge in [-0.25, -0.2) is 9.37 Å². The maximum atomic E-state index is 13.1. The summed E-state index contributed by atoms with van der Waals surface area (Å²) in [5, 5.41) is 0. The molecule has 0 N–H and O–H groups in total. The average molecular weight is 353 g/mol. The summed E-state index contributed by atoms with van der Waals surface area (Å²) in [5.41, 5.74) is 2.94. The third kappa shape index (κ3) is 3.20. The van der Waals surface area contributed by atoms with Crippen LogP contribution < -0.4 is 0 Å². The van der Waals surface area contributed by atoms with Gasteiger partial charge in [-0.1, -0.05) is 0 Å². The average Bonchev–Trinajstić information content (AvgIpc) is 3.11. The summed E-state index contributed by atoms with van der Waals surface area (Å²) >= 11 is 0. The molecule has 3 aromatic rings. The number of benzene rings is 1. The maximum Gasteiger partial charge on any atom is 0.255 e. The van der Waals surface area contributed by atoms with E-state index in [1.165, 1.54) is 12.1 Å². The van der Waals surface area contributed by atoms with E-state index >= 15 is 0 Å². The normalized spacial score (nSPS) is 15.3. The van der Waals surface area contributed by atoms with Crippen LogP contribution in [0, 0.1) is 5.82 Å². The predicted octanol–water partition coefficient (Wildman–Crippen LogP) is 3.39. The smallest absolute Gasteiger partial charge is 0.255 e. The van der Waals surface area contributed by atoms with Crippen LogP contribution >= 0.6 is 0 Å². The number of fused-ring (bicyclic) bond motifs is 1. The van der Waals surface area contributed by atoms with Crippen LogP contribution in [-0.2, 0) is 4.74 Å². The molecule has 6 heteroatoms. The molecular weight excluding hydrogens is 333 g/mol. The van der Waals surface area contributed by atoms with Crippen LogP contribution in [0.5, 0.6) is 0 Å². The van der Waals surface area contributed by atoms with Gasteiger partial charge in [0.2, 0.25) is 0 Å². The lowest BCUT2D eigenvalue weighted by Gasteiger charge is -2.31. The standard InChI is InChI=1S/C20H20FN3O2/c1-23(17-8-10-26-11-9-17)20(25)15-4-7-19-22-18(13-24(19)12-15)14-2-5-16(21)6-3-14/h2-7,12-13,17H,8-11H2,1H3. The van der Waals surface area contributed by atoms with Crippen molar-refractivity contribution in [3.63, 3.8) is 0 Å². The number of pyridine rings is 1. The molecule has 1 amide bonds. The third-order valence-electron chi connectivity index (χ3n) is 4.90. The molecule has 1 aliphatic heterocycles. The van der Waals surface area contributed by atoms with Gasteiger partial charge in [0.1, 0.15) is 11.5 Å². The van der Waals surface area contributed by atoms with Crippen LogP contribution in [0.25, 0.3) is 16.9 Å². The number of imidazole rings is 1. The van der Waals surface area contributed by atoms with E-state index in [2.05, 4.69) is 4.98 Å². The van der Waals surface area contributed by atoms with Crippen LogP contribution in [-0.4, -0.2) is 46.5 Å².